The molecule has 1 amide bonds. The molecular formula is C22H30N4O. The van der Waals surface area contributed by atoms with Crippen molar-refractivity contribution in [3.63, 3.8) is 0 Å². The van der Waals surface area contributed by atoms with E-state index in [0.717, 1.165) is 50.3 Å². The minimum Gasteiger partial charge on any atom is -0.351 e. The van der Waals surface area contributed by atoms with Crippen molar-refractivity contribution in [2.75, 3.05) is 19.6 Å². The molecule has 1 aliphatic heterocycles. The molecule has 0 unspecified atom stereocenters. The molecule has 1 saturated heterocycles. The van der Waals surface area contributed by atoms with Gasteiger partial charge in [0.1, 0.15) is 0 Å². The largest absolute Gasteiger partial charge is 0.351 e. The average Bonchev–Trinajstić information content (AvgIpc) is 3.38. The molecule has 2 heterocycles. The predicted molar refractivity (Wildman–Crippen MR) is 107 cm³/mol. The van der Waals surface area contributed by atoms with Gasteiger partial charge in [-0.25, -0.2) is 0 Å². The zero-order chi connectivity index (χ0) is 18.9. The van der Waals surface area contributed by atoms with Gasteiger partial charge in [0.05, 0.1) is 5.69 Å². The molecule has 5 heteroatoms. The van der Waals surface area contributed by atoms with Crippen molar-refractivity contribution in [1.29, 1.82) is 0 Å². The zero-order valence-electron chi connectivity index (χ0n) is 16.4. The fraction of sp³-hybridized carbons (Fsp3) is 0.545. The Kier molecular flexibility index (Phi) is 5.04. The Balaban J connectivity index is 1.37. The topological polar surface area (TPSA) is 59.0 Å². The van der Waals surface area contributed by atoms with Gasteiger partial charge in [0.15, 0.2) is 0 Å². The lowest BCUT2D eigenvalue weighted by atomic mass is 9.90. The number of nitrogens with zero attached hydrogens (tertiary/aromatic N) is 2. The maximum atomic E-state index is 12.7. The van der Waals surface area contributed by atoms with Gasteiger partial charge in [0.2, 0.25) is 0 Å². The van der Waals surface area contributed by atoms with Gasteiger partial charge in [0, 0.05) is 36.3 Å². The Labute approximate surface area is 161 Å². The highest BCUT2D eigenvalue weighted by Crippen LogP contribution is 2.46. The van der Waals surface area contributed by atoms with Crippen molar-refractivity contribution in [1.82, 2.24) is 20.4 Å². The highest BCUT2D eigenvalue weighted by molar-refractivity contribution is 5.94. The summed E-state index contributed by atoms with van der Waals surface area (Å²) in [5, 5.41) is 11.2. The van der Waals surface area contributed by atoms with E-state index in [1.165, 1.54) is 24.1 Å². The molecule has 0 radical (unpaired) electrons. The van der Waals surface area contributed by atoms with Gasteiger partial charge in [-0.1, -0.05) is 12.1 Å². The van der Waals surface area contributed by atoms with E-state index in [1.807, 2.05) is 19.1 Å². The van der Waals surface area contributed by atoms with Gasteiger partial charge in [-0.15, -0.1) is 0 Å². The Hall–Kier alpha value is -2.14. The summed E-state index contributed by atoms with van der Waals surface area (Å²) in [5.41, 5.74) is 4.47. The monoisotopic (exact) mass is 366 g/mol. The van der Waals surface area contributed by atoms with E-state index in [4.69, 9.17) is 0 Å². The van der Waals surface area contributed by atoms with E-state index in [-0.39, 0.29) is 11.3 Å². The number of hydrogen-bond acceptors (Lipinski definition) is 3. The summed E-state index contributed by atoms with van der Waals surface area (Å²) in [6.45, 7) is 7.85. The predicted octanol–water partition coefficient (Wildman–Crippen LogP) is 3.18. The summed E-state index contributed by atoms with van der Waals surface area (Å²) in [7, 11) is 0. The van der Waals surface area contributed by atoms with E-state index >= 15 is 0 Å². The lowest BCUT2D eigenvalue weighted by molar-refractivity contribution is 0.0942. The van der Waals surface area contributed by atoms with Crippen molar-refractivity contribution < 1.29 is 4.79 Å². The summed E-state index contributed by atoms with van der Waals surface area (Å²) >= 11 is 0. The normalized spacial score (nSPS) is 21.0. The quantitative estimate of drug-likeness (QED) is 0.825. The average molecular weight is 367 g/mol. The first-order chi connectivity index (χ1) is 13.0. The third-order valence-corrected chi connectivity index (χ3v) is 6.09. The summed E-state index contributed by atoms with van der Waals surface area (Å²) in [5.74, 6) is 0.563. The van der Waals surface area contributed by atoms with Crippen LogP contribution in [0.25, 0.3) is 0 Å². The van der Waals surface area contributed by atoms with Crippen LogP contribution in [0.15, 0.2) is 30.3 Å². The smallest absolute Gasteiger partial charge is 0.251 e. The maximum Gasteiger partial charge on any atom is 0.251 e. The Bertz CT molecular complexity index is 815. The fourth-order valence-corrected chi connectivity index (χ4v) is 4.16. The van der Waals surface area contributed by atoms with Crippen molar-refractivity contribution in [2.45, 2.75) is 52.0 Å². The second-order valence-corrected chi connectivity index (χ2v) is 8.44. The number of piperidine rings is 1. The molecule has 1 atom stereocenters. The Morgan fingerprint density at radius 1 is 1.33 bits per heavy atom. The zero-order valence-corrected chi connectivity index (χ0v) is 16.4. The van der Waals surface area contributed by atoms with Gasteiger partial charge >= 0.3 is 0 Å². The Morgan fingerprint density at radius 2 is 2.19 bits per heavy atom. The number of nitrogens with one attached hydrogen (secondary N) is 2. The third-order valence-electron chi connectivity index (χ3n) is 6.09. The van der Waals surface area contributed by atoms with Crippen molar-refractivity contribution >= 4 is 5.91 Å². The molecule has 2 aliphatic rings. The first kappa shape index (κ1) is 18.2. The molecule has 5 nitrogen and oxygen atoms in total. The second-order valence-electron chi connectivity index (χ2n) is 8.44. The number of aromatic nitrogens is 2. The van der Waals surface area contributed by atoms with Gasteiger partial charge in [0.25, 0.3) is 5.91 Å². The van der Waals surface area contributed by atoms with Crippen LogP contribution in [0.1, 0.15) is 58.9 Å². The van der Waals surface area contributed by atoms with Crippen molar-refractivity contribution in [3.8, 4) is 0 Å². The molecule has 4 rings (SSSR count). The molecule has 2 aromatic rings. The van der Waals surface area contributed by atoms with Gasteiger partial charge in [-0.2, -0.15) is 5.10 Å². The highest BCUT2D eigenvalue weighted by atomic mass is 16.1. The van der Waals surface area contributed by atoms with Crippen molar-refractivity contribution in [3.05, 3.63) is 52.8 Å². The van der Waals surface area contributed by atoms with Crippen LogP contribution < -0.4 is 10.6 Å². The van der Waals surface area contributed by atoms with E-state index < -0.39 is 0 Å². The molecule has 1 saturated carbocycles. The van der Waals surface area contributed by atoms with Crippen molar-refractivity contribution in [2.24, 2.45) is 5.41 Å². The van der Waals surface area contributed by atoms with E-state index in [0.29, 0.717) is 5.92 Å². The molecule has 2 fully saturated rings. The van der Waals surface area contributed by atoms with Crippen LogP contribution in [0.4, 0.5) is 0 Å². The summed E-state index contributed by atoms with van der Waals surface area (Å²) < 4.78 is 2.09. The number of rotatable bonds is 6. The lowest BCUT2D eigenvalue weighted by Gasteiger charge is -2.23. The van der Waals surface area contributed by atoms with E-state index in [9.17, 15) is 4.79 Å². The van der Waals surface area contributed by atoms with Gasteiger partial charge in [-0.05, 0) is 75.8 Å². The standard InChI is InChI=1S/C22H30N4O/c1-16-11-17(2)26(25-16)15-22(8-9-22)14-24-21(27)19-6-3-5-18(12-19)20-7-4-10-23-13-20/h3,5-6,11-12,20,23H,4,7-10,13-15H2,1-2H3,(H,24,27)/t20-/m0/s1. The molecule has 1 aromatic carbocycles. The lowest BCUT2D eigenvalue weighted by Crippen LogP contribution is -2.33. The second kappa shape index (κ2) is 7.47. The molecule has 1 aliphatic carbocycles. The first-order valence-electron chi connectivity index (χ1n) is 10.1. The van der Waals surface area contributed by atoms with Crippen LogP contribution in [0.3, 0.4) is 0 Å². The molecule has 144 valence electrons. The van der Waals surface area contributed by atoms with Crippen LogP contribution in [-0.2, 0) is 6.54 Å². The van der Waals surface area contributed by atoms with E-state index in [1.54, 1.807) is 0 Å². The molecule has 0 bridgehead atoms. The highest BCUT2D eigenvalue weighted by Gasteiger charge is 2.43. The minimum absolute atomic E-state index is 0.0419. The number of aryl methyl sites for hydroxylation is 2. The Morgan fingerprint density at radius 3 is 2.85 bits per heavy atom. The van der Waals surface area contributed by atoms with Gasteiger partial charge in [-0.3, -0.25) is 9.48 Å². The minimum atomic E-state index is 0.0419. The number of benzene rings is 1. The molecular weight excluding hydrogens is 336 g/mol. The van der Waals surface area contributed by atoms with Crippen LogP contribution in [0.5, 0.6) is 0 Å². The number of hydrogen-bond donors (Lipinski definition) is 2. The van der Waals surface area contributed by atoms with Crippen LogP contribution in [-0.4, -0.2) is 35.3 Å². The summed E-state index contributed by atoms with van der Waals surface area (Å²) in [6.07, 6.45) is 4.71. The number of carbonyl (C=O) groups is 1. The number of carbonyl (C=O) groups excluding carboxylic acids is 1. The maximum absolute atomic E-state index is 12.7. The molecule has 1 aromatic heterocycles. The molecule has 0 spiro atoms. The van der Waals surface area contributed by atoms with Crippen LogP contribution >= 0.6 is 0 Å². The first-order valence-corrected chi connectivity index (χ1v) is 10.1. The molecule has 2 N–H and O–H groups in total. The van der Waals surface area contributed by atoms with E-state index in [2.05, 4.69) is 45.5 Å². The summed E-state index contributed by atoms with van der Waals surface area (Å²) in [6, 6.07) is 10.3. The van der Waals surface area contributed by atoms with Crippen LogP contribution in [0.2, 0.25) is 0 Å². The fourth-order valence-electron chi connectivity index (χ4n) is 4.16. The van der Waals surface area contributed by atoms with Gasteiger partial charge < -0.3 is 10.6 Å². The van der Waals surface area contributed by atoms with Crippen LogP contribution in [0, 0.1) is 19.3 Å². The SMILES string of the molecule is Cc1cc(C)n(CC2(CNC(=O)c3cccc([C@H]4CCCNC4)c3)CC2)n1. The molecule has 27 heavy (non-hydrogen) atoms. The number of amides is 1. The summed E-state index contributed by atoms with van der Waals surface area (Å²) in [4.78, 5) is 12.7. The third kappa shape index (κ3) is 4.24.